The standard InChI is InChI=1S/C14H24N4O2S/c1-12(11-18-7-3-2-4-8-18)17-21(19,20)14-6-5-13(9-15)16-10-14/h5-6,10,12,17H,2-4,7-9,11,15H2,1H3. The van der Waals surface area contributed by atoms with E-state index in [1.54, 1.807) is 12.1 Å². The van der Waals surface area contributed by atoms with Crippen LogP contribution in [-0.4, -0.2) is 44.0 Å². The van der Waals surface area contributed by atoms with Crippen LogP contribution in [0.25, 0.3) is 0 Å². The molecule has 0 spiro atoms. The fourth-order valence-electron chi connectivity index (χ4n) is 2.59. The van der Waals surface area contributed by atoms with Crippen LogP contribution in [0.2, 0.25) is 0 Å². The van der Waals surface area contributed by atoms with Crippen molar-refractivity contribution in [3.8, 4) is 0 Å². The van der Waals surface area contributed by atoms with Gasteiger partial charge in [0.15, 0.2) is 0 Å². The van der Waals surface area contributed by atoms with Gasteiger partial charge in [0.05, 0.1) is 5.69 Å². The summed E-state index contributed by atoms with van der Waals surface area (Å²) in [5, 5.41) is 0. The second kappa shape index (κ2) is 7.31. The molecule has 21 heavy (non-hydrogen) atoms. The van der Waals surface area contributed by atoms with Crippen LogP contribution in [0.15, 0.2) is 23.2 Å². The van der Waals surface area contributed by atoms with Crippen molar-refractivity contribution in [3.05, 3.63) is 24.0 Å². The lowest BCUT2D eigenvalue weighted by Crippen LogP contribution is -2.43. The van der Waals surface area contributed by atoms with E-state index in [2.05, 4.69) is 14.6 Å². The molecular formula is C14H24N4O2S. The zero-order valence-corrected chi connectivity index (χ0v) is 13.3. The number of piperidine rings is 1. The largest absolute Gasteiger partial charge is 0.325 e. The van der Waals surface area contributed by atoms with E-state index in [0.29, 0.717) is 12.2 Å². The van der Waals surface area contributed by atoms with Crippen molar-refractivity contribution in [2.75, 3.05) is 19.6 Å². The van der Waals surface area contributed by atoms with E-state index in [1.165, 1.54) is 25.5 Å². The van der Waals surface area contributed by atoms with Gasteiger partial charge in [-0.15, -0.1) is 0 Å². The number of nitrogens with one attached hydrogen (secondary N) is 1. The van der Waals surface area contributed by atoms with E-state index in [1.807, 2.05) is 6.92 Å². The van der Waals surface area contributed by atoms with Gasteiger partial charge in [0.25, 0.3) is 0 Å². The molecule has 0 bridgehead atoms. The minimum atomic E-state index is -3.52. The maximum absolute atomic E-state index is 12.3. The number of nitrogens with two attached hydrogens (primary N) is 1. The molecule has 0 saturated carbocycles. The fourth-order valence-corrected chi connectivity index (χ4v) is 3.77. The molecule has 1 aliphatic rings. The molecule has 1 saturated heterocycles. The molecule has 118 valence electrons. The van der Waals surface area contributed by atoms with Crippen molar-refractivity contribution in [2.45, 2.75) is 43.7 Å². The number of sulfonamides is 1. The first-order valence-corrected chi connectivity index (χ1v) is 8.89. The zero-order valence-electron chi connectivity index (χ0n) is 12.5. The summed E-state index contributed by atoms with van der Waals surface area (Å²) in [6, 6.07) is 3.07. The van der Waals surface area contributed by atoms with Crippen molar-refractivity contribution in [1.82, 2.24) is 14.6 Å². The Morgan fingerprint density at radius 3 is 2.62 bits per heavy atom. The molecule has 3 N–H and O–H groups in total. The lowest BCUT2D eigenvalue weighted by atomic mass is 10.1. The monoisotopic (exact) mass is 312 g/mol. The molecule has 2 heterocycles. The SMILES string of the molecule is CC(CN1CCCCC1)NS(=O)(=O)c1ccc(CN)nc1. The number of aromatic nitrogens is 1. The Bertz CT molecular complexity index is 539. The third-order valence-electron chi connectivity index (χ3n) is 3.65. The first-order chi connectivity index (χ1) is 10.0. The first-order valence-electron chi connectivity index (χ1n) is 7.41. The first kappa shape index (κ1) is 16.4. The topological polar surface area (TPSA) is 88.3 Å². The predicted octanol–water partition coefficient (Wildman–Crippen LogP) is 0.693. The third-order valence-corrected chi connectivity index (χ3v) is 5.23. The van der Waals surface area contributed by atoms with Crippen LogP contribution in [0.3, 0.4) is 0 Å². The lowest BCUT2D eigenvalue weighted by Gasteiger charge is -2.29. The molecule has 1 unspecified atom stereocenters. The number of rotatable bonds is 6. The Morgan fingerprint density at radius 2 is 2.05 bits per heavy atom. The molecule has 1 aliphatic heterocycles. The quantitative estimate of drug-likeness (QED) is 0.807. The van der Waals surface area contributed by atoms with Crippen molar-refractivity contribution in [2.24, 2.45) is 5.73 Å². The van der Waals surface area contributed by atoms with Crippen LogP contribution in [0.1, 0.15) is 31.9 Å². The Hall–Kier alpha value is -1.02. The summed E-state index contributed by atoms with van der Waals surface area (Å²) in [7, 11) is -3.52. The lowest BCUT2D eigenvalue weighted by molar-refractivity contribution is 0.215. The number of hydrogen-bond donors (Lipinski definition) is 2. The molecule has 1 atom stereocenters. The van der Waals surface area contributed by atoms with Gasteiger partial charge >= 0.3 is 0 Å². The van der Waals surface area contributed by atoms with Gasteiger partial charge in [0.1, 0.15) is 4.90 Å². The van der Waals surface area contributed by atoms with Gasteiger partial charge in [-0.2, -0.15) is 0 Å². The number of likely N-dealkylation sites (tertiary alicyclic amines) is 1. The Labute approximate surface area is 126 Å². The highest BCUT2D eigenvalue weighted by Gasteiger charge is 2.20. The molecule has 6 nitrogen and oxygen atoms in total. The smallest absolute Gasteiger partial charge is 0.242 e. The highest BCUT2D eigenvalue weighted by molar-refractivity contribution is 7.89. The van der Waals surface area contributed by atoms with Crippen LogP contribution in [0.5, 0.6) is 0 Å². The molecule has 1 aromatic heterocycles. The second-order valence-electron chi connectivity index (χ2n) is 5.57. The maximum Gasteiger partial charge on any atom is 0.242 e. The highest BCUT2D eigenvalue weighted by Crippen LogP contribution is 2.11. The molecule has 7 heteroatoms. The van der Waals surface area contributed by atoms with Crippen molar-refractivity contribution in [1.29, 1.82) is 0 Å². The Morgan fingerprint density at radius 1 is 1.33 bits per heavy atom. The molecule has 2 rings (SSSR count). The number of hydrogen-bond acceptors (Lipinski definition) is 5. The Kier molecular flexibility index (Phi) is 5.69. The molecule has 0 radical (unpaired) electrons. The number of nitrogens with zero attached hydrogens (tertiary/aromatic N) is 2. The summed E-state index contributed by atoms with van der Waals surface area (Å²) in [6.45, 7) is 5.05. The molecular weight excluding hydrogens is 288 g/mol. The van der Waals surface area contributed by atoms with E-state index < -0.39 is 10.0 Å². The van der Waals surface area contributed by atoms with Crippen molar-refractivity contribution in [3.63, 3.8) is 0 Å². The molecule has 0 aliphatic carbocycles. The average Bonchev–Trinajstić information content (AvgIpc) is 2.47. The zero-order chi connectivity index (χ0) is 15.3. The van der Waals surface area contributed by atoms with Gasteiger partial charge in [-0.1, -0.05) is 6.42 Å². The summed E-state index contributed by atoms with van der Waals surface area (Å²) in [6.07, 6.45) is 5.03. The van der Waals surface area contributed by atoms with Crippen molar-refractivity contribution < 1.29 is 8.42 Å². The number of pyridine rings is 1. The van der Waals surface area contributed by atoms with E-state index in [0.717, 1.165) is 19.6 Å². The van der Waals surface area contributed by atoms with Gasteiger partial charge < -0.3 is 10.6 Å². The van der Waals surface area contributed by atoms with Crippen LogP contribution in [-0.2, 0) is 16.6 Å². The van der Waals surface area contributed by atoms with Crippen LogP contribution in [0.4, 0.5) is 0 Å². The maximum atomic E-state index is 12.3. The van der Waals surface area contributed by atoms with Crippen molar-refractivity contribution >= 4 is 10.0 Å². The van der Waals surface area contributed by atoms with Gasteiger partial charge in [-0.05, 0) is 45.0 Å². The highest BCUT2D eigenvalue weighted by atomic mass is 32.2. The van der Waals surface area contributed by atoms with Crippen LogP contribution < -0.4 is 10.5 Å². The minimum absolute atomic E-state index is 0.123. The van der Waals surface area contributed by atoms with Crippen LogP contribution >= 0.6 is 0 Å². The second-order valence-corrected chi connectivity index (χ2v) is 7.29. The fraction of sp³-hybridized carbons (Fsp3) is 0.643. The van der Waals surface area contributed by atoms with Gasteiger partial charge in [0.2, 0.25) is 10.0 Å². The summed E-state index contributed by atoms with van der Waals surface area (Å²) >= 11 is 0. The van der Waals surface area contributed by atoms with Crippen LogP contribution in [0, 0.1) is 0 Å². The van der Waals surface area contributed by atoms with E-state index >= 15 is 0 Å². The van der Waals surface area contributed by atoms with Gasteiger partial charge in [-0.3, -0.25) is 4.98 Å². The minimum Gasteiger partial charge on any atom is -0.325 e. The summed E-state index contributed by atoms with van der Waals surface area (Å²) < 4.78 is 27.3. The Balaban J connectivity index is 1.95. The normalized spacial score (nSPS) is 18.6. The van der Waals surface area contributed by atoms with E-state index in [9.17, 15) is 8.42 Å². The molecule has 0 amide bonds. The third kappa shape index (κ3) is 4.74. The molecule has 1 fully saturated rings. The van der Waals surface area contributed by atoms with E-state index in [4.69, 9.17) is 5.73 Å². The summed E-state index contributed by atoms with van der Waals surface area (Å²) in [4.78, 5) is 6.53. The molecule has 0 aromatic carbocycles. The predicted molar refractivity (Wildman–Crippen MR) is 82.2 cm³/mol. The van der Waals surface area contributed by atoms with E-state index in [-0.39, 0.29) is 10.9 Å². The summed E-state index contributed by atoms with van der Waals surface area (Å²) in [5.41, 5.74) is 6.14. The summed E-state index contributed by atoms with van der Waals surface area (Å²) in [5.74, 6) is 0. The van der Waals surface area contributed by atoms with Gasteiger partial charge in [-0.25, -0.2) is 13.1 Å². The van der Waals surface area contributed by atoms with Gasteiger partial charge in [0, 0.05) is 25.3 Å². The average molecular weight is 312 g/mol. The molecule has 1 aromatic rings.